The zero-order valence-electron chi connectivity index (χ0n) is 10.9. The molecule has 0 radical (unpaired) electrons. The van der Waals surface area contributed by atoms with E-state index < -0.39 is 0 Å². The highest BCUT2D eigenvalue weighted by atomic mass is 16.1. The van der Waals surface area contributed by atoms with Crippen molar-refractivity contribution in [3.63, 3.8) is 0 Å². The van der Waals surface area contributed by atoms with Crippen molar-refractivity contribution in [3.05, 3.63) is 24.0 Å². The lowest BCUT2D eigenvalue weighted by atomic mass is 10.1. The average Bonchev–Trinajstić information content (AvgIpc) is 2.70. The molecule has 0 saturated carbocycles. The maximum Gasteiger partial charge on any atom is 0.178 e. The highest BCUT2D eigenvalue weighted by Gasteiger charge is 2.22. The van der Waals surface area contributed by atoms with Crippen LogP contribution in [0, 0.1) is 0 Å². The van der Waals surface area contributed by atoms with Gasteiger partial charge in [-0.25, -0.2) is 0 Å². The van der Waals surface area contributed by atoms with Crippen molar-refractivity contribution in [1.29, 1.82) is 0 Å². The molecule has 1 unspecified atom stereocenters. The quantitative estimate of drug-likeness (QED) is 0.727. The van der Waals surface area contributed by atoms with E-state index in [0.29, 0.717) is 12.6 Å². The fourth-order valence-corrected chi connectivity index (χ4v) is 2.23. The molecule has 17 heavy (non-hydrogen) atoms. The molecule has 0 amide bonds. The summed E-state index contributed by atoms with van der Waals surface area (Å²) < 4.78 is 1.92. The van der Waals surface area contributed by atoms with Crippen molar-refractivity contribution in [3.8, 4) is 0 Å². The molecule has 4 heteroatoms. The number of rotatable bonds is 3. The normalized spacial score (nSPS) is 22.9. The molecule has 1 aromatic rings. The van der Waals surface area contributed by atoms with Crippen LogP contribution < -0.4 is 0 Å². The van der Waals surface area contributed by atoms with Gasteiger partial charge in [0.05, 0.1) is 6.54 Å². The Morgan fingerprint density at radius 3 is 2.76 bits per heavy atom. The SMILES string of the molecule is CC1CN(CC(=O)c2ccn(C)c2)CCN1C. The maximum absolute atomic E-state index is 12.0. The van der Waals surface area contributed by atoms with Crippen LogP contribution >= 0.6 is 0 Å². The van der Waals surface area contributed by atoms with Crippen LogP contribution in [0.3, 0.4) is 0 Å². The van der Waals surface area contributed by atoms with Crippen LogP contribution in [0.4, 0.5) is 0 Å². The molecule has 1 fully saturated rings. The molecule has 0 N–H and O–H groups in total. The molecule has 1 atom stereocenters. The Morgan fingerprint density at radius 2 is 2.18 bits per heavy atom. The lowest BCUT2D eigenvalue weighted by Gasteiger charge is -2.37. The standard InChI is InChI=1S/C13H21N3O/c1-11-8-16(7-6-15(11)3)10-13(17)12-4-5-14(2)9-12/h4-5,9,11H,6-8,10H2,1-3H3. The molecule has 0 bridgehead atoms. The van der Waals surface area contributed by atoms with Crippen LogP contribution in [-0.2, 0) is 7.05 Å². The first-order valence-corrected chi connectivity index (χ1v) is 6.14. The molecule has 0 spiro atoms. The van der Waals surface area contributed by atoms with Gasteiger partial charge in [-0.2, -0.15) is 0 Å². The molecular weight excluding hydrogens is 214 g/mol. The van der Waals surface area contributed by atoms with Crippen LogP contribution in [0.15, 0.2) is 18.5 Å². The summed E-state index contributed by atoms with van der Waals surface area (Å²) in [5, 5.41) is 0. The van der Waals surface area contributed by atoms with Gasteiger partial charge >= 0.3 is 0 Å². The maximum atomic E-state index is 12.0. The molecule has 94 valence electrons. The lowest BCUT2D eigenvalue weighted by Crippen LogP contribution is -2.51. The first-order valence-electron chi connectivity index (χ1n) is 6.14. The third-order valence-electron chi connectivity index (χ3n) is 3.56. The Kier molecular flexibility index (Phi) is 3.64. The molecule has 1 aromatic heterocycles. The van der Waals surface area contributed by atoms with Crippen molar-refractivity contribution in [1.82, 2.24) is 14.4 Å². The summed E-state index contributed by atoms with van der Waals surface area (Å²) in [7, 11) is 4.08. The second-order valence-corrected chi connectivity index (χ2v) is 5.05. The minimum Gasteiger partial charge on any atom is -0.357 e. The van der Waals surface area contributed by atoms with Gasteiger partial charge in [0.25, 0.3) is 0 Å². The number of likely N-dealkylation sites (N-methyl/N-ethyl adjacent to an activating group) is 1. The summed E-state index contributed by atoms with van der Waals surface area (Å²) in [6.07, 6.45) is 3.81. The number of hydrogen-bond acceptors (Lipinski definition) is 3. The van der Waals surface area contributed by atoms with Crippen LogP contribution in [0.5, 0.6) is 0 Å². The Morgan fingerprint density at radius 1 is 1.41 bits per heavy atom. The fraction of sp³-hybridized carbons (Fsp3) is 0.615. The van der Waals surface area contributed by atoms with Gasteiger partial charge in [-0.15, -0.1) is 0 Å². The highest BCUT2D eigenvalue weighted by Crippen LogP contribution is 2.09. The van der Waals surface area contributed by atoms with E-state index in [1.165, 1.54) is 0 Å². The summed E-state index contributed by atoms with van der Waals surface area (Å²) in [5.74, 6) is 0.224. The van der Waals surface area contributed by atoms with Crippen LogP contribution in [-0.4, -0.2) is 59.4 Å². The topological polar surface area (TPSA) is 28.5 Å². The molecule has 2 heterocycles. The summed E-state index contributed by atoms with van der Waals surface area (Å²) in [4.78, 5) is 16.6. The summed E-state index contributed by atoms with van der Waals surface area (Å²) >= 11 is 0. The number of ketones is 1. The third kappa shape index (κ3) is 2.96. The average molecular weight is 235 g/mol. The Balaban J connectivity index is 1.91. The zero-order valence-corrected chi connectivity index (χ0v) is 10.9. The monoisotopic (exact) mass is 235 g/mol. The number of piperazine rings is 1. The van der Waals surface area contributed by atoms with Crippen LogP contribution in [0.1, 0.15) is 17.3 Å². The molecule has 1 saturated heterocycles. The summed E-state index contributed by atoms with van der Waals surface area (Å²) in [5.41, 5.74) is 0.819. The smallest absolute Gasteiger partial charge is 0.178 e. The van der Waals surface area contributed by atoms with Crippen molar-refractivity contribution in [2.24, 2.45) is 7.05 Å². The van der Waals surface area contributed by atoms with Gasteiger partial charge in [0.15, 0.2) is 5.78 Å². The summed E-state index contributed by atoms with van der Waals surface area (Å²) in [6.45, 7) is 5.76. The van der Waals surface area contributed by atoms with E-state index in [2.05, 4.69) is 23.8 Å². The Bertz CT molecular complexity index is 399. The Labute approximate surface area is 103 Å². The number of carbonyl (C=O) groups is 1. The second kappa shape index (κ2) is 5.02. The second-order valence-electron chi connectivity index (χ2n) is 5.05. The molecule has 1 aliphatic heterocycles. The minimum atomic E-state index is 0.224. The number of aromatic nitrogens is 1. The van der Waals surface area contributed by atoms with E-state index >= 15 is 0 Å². The van der Waals surface area contributed by atoms with Crippen molar-refractivity contribution < 1.29 is 4.79 Å². The molecule has 2 rings (SSSR count). The molecule has 1 aliphatic rings. The van der Waals surface area contributed by atoms with Gasteiger partial charge in [0.2, 0.25) is 0 Å². The van der Waals surface area contributed by atoms with Gasteiger partial charge in [-0.05, 0) is 20.0 Å². The first kappa shape index (κ1) is 12.3. The van der Waals surface area contributed by atoms with Gasteiger partial charge in [0, 0.05) is 50.7 Å². The summed E-state index contributed by atoms with van der Waals surface area (Å²) in [6, 6.07) is 2.43. The van der Waals surface area contributed by atoms with Gasteiger partial charge in [-0.1, -0.05) is 0 Å². The van der Waals surface area contributed by atoms with Gasteiger partial charge < -0.3 is 9.47 Å². The van der Waals surface area contributed by atoms with E-state index in [4.69, 9.17) is 0 Å². The van der Waals surface area contributed by atoms with E-state index in [1.807, 2.05) is 30.1 Å². The van der Waals surface area contributed by atoms with E-state index in [-0.39, 0.29) is 5.78 Å². The van der Waals surface area contributed by atoms with E-state index in [1.54, 1.807) is 0 Å². The minimum absolute atomic E-state index is 0.224. The van der Waals surface area contributed by atoms with E-state index in [9.17, 15) is 4.79 Å². The Hall–Kier alpha value is -1.13. The van der Waals surface area contributed by atoms with Crippen molar-refractivity contribution in [2.45, 2.75) is 13.0 Å². The largest absolute Gasteiger partial charge is 0.357 e. The number of nitrogens with zero attached hydrogens (tertiary/aromatic N) is 3. The first-order chi connectivity index (χ1) is 8.06. The molecular formula is C13H21N3O. The molecule has 0 aliphatic carbocycles. The fourth-order valence-electron chi connectivity index (χ4n) is 2.23. The number of aryl methyl sites for hydroxylation is 1. The predicted molar refractivity (Wildman–Crippen MR) is 68.3 cm³/mol. The van der Waals surface area contributed by atoms with Gasteiger partial charge in [0.1, 0.15) is 0 Å². The van der Waals surface area contributed by atoms with Crippen molar-refractivity contribution >= 4 is 5.78 Å². The predicted octanol–water partition coefficient (Wildman–Crippen LogP) is 0.844. The third-order valence-corrected chi connectivity index (χ3v) is 3.56. The van der Waals surface area contributed by atoms with E-state index in [0.717, 1.165) is 25.2 Å². The molecule has 0 aromatic carbocycles. The number of hydrogen-bond donors (Lipinski definition) is 0. The zero-order chi connectivity index (χ0) is 12.4. The number of carbonyl (C=O) groups excluding carboxylic acids is 1. The molecule has 4 nitrogen and oxygen atoms in total. The van der Waals surface area contributed by atoms with Crippen molar-refractivity contribution in [2.75, 3.05) is 33.2 Å². The highest BCUT2D eigenvalue weighted by molar-refractivity contribution is 5.97. The lowest BCUT2D eigenvalue weighted by molar-refractivity contribution is 0.0786. The number of Topliss-reactive ketones (excluding diaryl/α,β-unsaturated/α-hetero) is 1. The van der Waals surface area contributed by atoms with Crippen LogP contribution in [0.2, 0.25) is 0 Å². The van der Waals surface area contributed by atoms with Gasteiger partial charge in [-0.3, -0.25) is 9.69 Å². The van der Waals surface area contributed by atoms with Crippen LogP contribution in [0.25, 0.3) is 0 Å².